The van der Waals surface area contributed by atoms with Gasteiger partial charge in [0.15, 0.2) is 0 Å². The van der Waals surface area contributed by atoms with Crippen LogP contribution in [0.15, 0.2) is 0 Å². The van der Waals surface area contributed by atoms with E-state index in [-0.39, 0.29) is 6.47 Å². The van der Waals surface area contributed by atoms with E-state index in [2.05, 4.69) is 0 Å². The van der Waals surface area contributed by atoms with Gasteiger partial charge in [-0.1, -0.05) is 0 Å². The van der Waals surface area contributed by atoms with E-state index in [1.165, 1.54) is 0 Å². The van der Waals surface area contributed by atoms with Crippen LogP contribution in [0.2, 0.25) is 0 Å². The molecular weight excluding hydrogens is 108 g/mol. The number of hydrogen-bond acceptors (Lipinski definition) is 2. The summed E-state index contributed by atoms with van der Waals surface area (Å²) >= 11 is 0. The second kappa shape index (κ2) is 4.30. The third-order valence-corrected chi connectivity index (χ3v) is 0.911. The van der Waals surface area contributed by atoms with Crippen molar-refractivity contribution >= 4 is 12.3 Å². The molecule has 1 rings (SSSR count). The smallest absolute Gasteiger partial charge is 0.290 e. The fourth-order valence-corrected chi connectivity index (χ4v) is 0.321. The third-order valence-electron chi connectivity index (χ3n) is 0.911. The van der Waals surface area contributed by atoms with Crippen LogP contribution in [0.3, 0.4) is 0 Å². The molecule has 1 aliphatic rings. The maximum atomic E-state index is 9.90. The molecule has 8 heavy (non-hydrogen) atoms. The summed E-state index contributed by atoms with van der Waals surface area (Å²) in [6.45, 7) is -0.250. The molecule has 1 saturated carbocycles. The molecule has 1 fully saturated rings. The number of rotatable bonds is 0. The Morgan fingerprint density at radius 3 is 1.75 bits per heavy atom. The minimum Gasteiger partial charge on any atom is -0.483 e. The highest BCUT2D eigenvalue weighted by molar-refractivity contribution is 5.83. The molecule has 0 bridgehead atoms. The highest BCUT2D eigenvalue weighted by Gasteiger charge is 2.09. The van der Waals surface area contributed by atoms with E-state index in [1.807, 2.05) is 0 Å². The summed E-state index contributed by atoms with van der Waals surface area (Å²) < 4.78 is 0. The van der Waals surface area contributed by atoms with E-state index in [0.717, 1.165) is 19.3 Å². The fourth-order valence-electron chi connectivity index (χ4n) is 0.321. The molecule has 3 heteroatoms. The lowest BCUT2D eigenvalue weighted by molar-refractivity contribution is -0.124. The molecule has 3 nitrogen and oxygen atoms in total. The summed E-state index contributed by atoms with van der Waals surface area (Å²) in [5, 5.41) is 6.89. The monoisotopic (exact) mass is 116 g/mol. The van der Waals surface area contributed by atoms with Gasteiger partial charge in [-0.15, -0.1) is 0 Å². The van der Waals surface area contributed by atoms with Gasteiger partial charge in [0.2, 0.25) is 0 Å². The van der Waals surface area contributed by atoms with E-state index >= 15 is 0 Å². The van der Waals surface area contributed by atoms with Crippen molar-refractivity contribution in [3.8, 4) is 0 Å². The molecule has 0 aliphatic heterocycles. The van der Waals surface area contributed by atoms with Gasteiger partial charge < -0.3 is 5.11 Å². The standard InChI is InChI=1S/C4H6O.CH2O2/c5-4-2-1-3-4;2-1-3/h1-3H2;1H,(H,2,3). The Kier molecular flexibility index (Phi) is 3.84. The molecule has 1 N–H and O–H groups in total. The number of carbonyl (C=O) groups excluding carboxylic acids is 1. The molecule has 1 aliphatic carbocycles. The van der Waals surface area contributed by atoms with Crippen LogP contribution in [0.4, 0.5) is 0 Å². The van der Waals surface area contributed by atoms with Crippen molar-refractivity contribution in [2.24, 2.45) is 0 Å². The summed E-state index contributed by atoms with van der Waals surface area (Å²) in [4.78, 5) is 18.3. The molecule has 46 valence electrons. The predicted molar refractivity (Wildman–Crippen MR) is 27.6 cm³/mol. The van der Waals surface area contributed by atoms with Gasteiger partial charge >= 0.3 is 0 Å². The topological polar surface area (TPSA) is 54.4 Å². The Balaban J connectivity index is 0.000000145. The Morgan fingerprint density at radius 2 is 1.75 bits per heavy atom. The van der Waals surface area contributed by atoms with Gasteiger partial charge in [-0.3, -0.25) is 9.59 Å². The fraction of sp³-hybridized carbons (Fsp3) is 0.600. The van der Waals surface area contributed by atoms with Crippen molar-refractivity contribution in [2.45, 2.75) is 19.3 Å². The first-order valence-electron chi connectivity index (χ1n) is 2.41. The van der Waals surface area contributed by atoms with E-state index in [9.17, 15) is 4.79 Å². The minimum atomic E-state index is -0.250. The van der Waals surface area contributed by atoms with Gasteiger partial charge in [0.1, 0.15) is 5.78 Å². The van der Waals surface area contributed by atoms with Gasteiger partial charge in [-0.25, -0.2) is 0 Å². The first-order valence-corrected chi connectivity index (χ1v) is 2.41. The van der Waals surface area contributed by atoms with Crippen LogP contribution in [0.25, 0.3) is 0 Å². The molecule has 0 heterocycles. The highest BCUT2D eigenvalue weighted by atomic mass is 16.3. The molecule has 0 atom stereocenters. The van der Waals surface area contributed by atoms with Crippen molar-refractivity contribution in [3.63, 3.8) is 0 Å². The molecule has 0 aromatic heterocycles. The zero-order chi connectivity index (χ0) is 6.41. The minimum absolute atomic E-state index is 0.250. The molecule has 0 spiro atoms. The van der Waals surface area contributed by atoms with E-state index < -0.39 is 0 Å². The number of ketones is 1. The largest absolute Gasteiger partial charge is 0.483 e. The van der Waals surface area contributed by atoms with Crippen LogP contribution in [0, 0.1) is 0 Å². The molecule has 0 aromatic rings. The predicted octanol–water partition coefficient (Wildman–Crippen LogP) is 0.440. The maximum Gasteiger partial charge on any atom is 0.290 e. The van der Waals surface area contributed by atoms with Crippen LogP contribution in [-0.2, 0) is 9.59 Å². The average molecular weight is 116 g/mol. The van der Waals surface area contributed by atoms with Crippen LogP contribution < -0.4 is 0 Å². The van der Waals surface area contributed by atoms with E-state index in [0.29, 0.717) is 5.78 Å². The lowest BCUT2D eigenvalue weighted by Gasteiger charge is -2.05. The van der Waals surface area contributed by atoms with E-state index in [4.69, 9.17) is 9.90 Å². The Hall–Kier alpha value is -0.860. The Bertz CT molecular complexity index is 81.7. The first kappa shape index (κ1) is 7.14. The summed E-state index contributed by atoms with van der Waals surface area (Å²) in [5.41, 5.74) is 0. The summed E-state index contributed by atoms with van der Waals surface area (Å²) in [7, 11) is 0. The van der Waals surface area contributed by atoms with Gasteiger partial charge in [0.25, 0.3) is 6.47 Å². The Morgan fingerprint density at radius 1 is 1.50 bits per heavy atom. The maximum absolute atomic E-state index is 9.90. The zero-order valence-corrected chi connectivity index (χ0v) is 4.46. The number of carboxylic acid groups (broad SMARTS) is 1. The van der Waals surface area contributed by atoms with Gasteiger partial charge in [0, 0.05) is 12.8 Å². The van der Waals surface area contributed by atoms with Crippen LogP contribution in [0.1, 0.15) is 19.3 Å². The van der Waals surface area contributed by atoms with E-state index in [1.54, 1.807) is 0 Å². The molecular formula is C5H8O3. The van der Waals surface area contributed by atoms with Crippen LogP contribution in [0.5, 0.6) is 0 Å². The van der Waals surface area contributed by atoms with Crippen molar-refractivity contribution < 1.29 is 14.7 Å². The van der Waals surface area contributed by atoms with Gasteiger partial charge in [-0.2, -0.15) is 0 Å². The quantitative estimate of drug-likeness (QED) is 0.467. The molecule has 0 aromatic carbocycles. The van der Waals surface area contributed by atoms with Crippen molar-refractivity contribution in [1.82, 2.24) is 0 Å². The van der Waals surface area contributed by atoms with Crippen LogP contribution >= 0.6 is 0 Å². The van der Waals surface area contributed by atoms with Crippen molar-refractivity contribution in [1.29, 1.82) is 0 Å². The normalized spacial score (nSPS) is 15.2. The molecule has 0 unspecified atom stereocenters. The van der Waals surface area contributed by atoms with Crippen molar-refractivity contribution in [3.05, 3.63) is 0 Å². The van der Waals surface area contributed by atoms with Crippen molar-refractivity contribution in [2.75, 3.05) is 0 Å². The molecule has 0 radical (unpaired) electrons. The molecule has 0 amide bonds. The zero-order valence-electron chi connectivity index (χ0n) is 4.46. The average Bonchev–Trinajstić information content (AvgIpc) is 1.64. The SMILES string of the molecule is O=C1CCC1.O=CO. The second-order valence-electron chi connectivity index (χ2n) is 1.50. The van der Waals surface area contributed by atoms with Gasteiger partial charge in [-0.05, 0) is 6.42 Å². The lowest BCUT2D eigenvalue weighted by atomic mass is 9.99. The molecule has 0 saturated heterocycles. The highest BCUT2D eigenvalue weighted by Crippen LogP contribution is 2.10. The summed E-state index contributed by atoms with van der Waals surface area (Å²) in [5.74, 6) is 0.435. The Labute approximate surface area is 47.3 Å². The number of hydrogen-bond donors (Lipinski definition) is 1. The number of carbonyl (C=O) groups is 2. The summed E-state index contributed by atoms with van der Waals surface area (Å²) in [6, 6.07) is 0. The van der Waals surface area contributed by atoms with Crippen LogP contribution in [-0.4, -0.2) is 17.4 Å². The lowest BCUT2D eigenvalue weighted by Crippen LogP contribution is -2.07. The third kappa shape index (κ3) is 3.33. The second-order valence-corrected chi connectivity index (χ2v) is 1.50. The summed E-state index contributed by atoms with van der Waals surface area (Å²) in [6.07, 6.45) is 2.83. The van der Waals surface area contributed by atoms with Gasteiger partial charge in [0.05, 0.1) is 0 Å². The first-order chi connectivity index (χ1) is 3.81. The number of Topliss-reactive ketones (excluding diaryl/α,β-unsaturated/α-hetero) is 1.